The number of rotatable bonds is 6. The molecule has 138 valence electrons. The highest BCUT2D eigenvalue weighted by atomic mass is 32.1. The third-order valence-corrected chi connectivity index (χ3v) is 5.03. The van der Waals surface area contributed by atoms with Crippen LogP contribution < -0.4 is 10.2 Å². The maximum Gasteiger partial charge on any atom is 0.333 e. The van der Waals surface area contributed by atoms with E-state index in [4.69, 9.17) is 9.47 Å². The van der Waals surface area contributed by atoms with Gasteiger partial charge in [0.1, 0.15) is 5.75 Å². The van der Waals surface area contributed by atoms with Gasteiger partial charge in [0.2, 0.25) is 0 Å². The van der Waals surface area contributed by atoms with Crippen molar-refractivity contribution in [1.82, 2.24) is 0 Å². The normalized spacial score (nSPS) is 10.7. The predicted octanol–water partition coefficient (Wildman–Crippen LogP) is 4.22. The van der Waals surface area contributed by atoms with Crippen molar-refractivity contribution in [2.24, 2.45) is 0 Å². The number of carbonyl (C=O) groups is 2. The molecular formula is C21H18O5S. The minimum absolute atomic E-state index is 0.0745. The summed E-state index contributed by atoms with van der Waals surface area (Å²) in [5, 5.41) is 1.01. The smallest absolute Gasteiger partial charge is 0.333 e. The Balaban J connectivity index is 1.76. The van der Waals surface area contributed by atoms with E-state index in [0.29, 0.717) is 22.8 Å². The first kappa shape index (κ1) is 18.8. The molecule has 0 spiro atoms. The number of hydrogen-bond donors (Lipinski definition) is 0. The topological polar surface area (TPSA) is 69.7 Å². The molecule has 1 heterocycles. The monoisotopic (exact) mass is 382 g/mol. The molecule has 3 rings (SSSR count). The Kier molecular flexibility index (Phi) is 5.66. The first-order chi connectivity index (χ1) is 13.0. The second-order valence-corrected chi connectivity index (χ2v) is 7.13. The van der Waals surface area contributed by atoms with Crippen molar-refractivity contribution in [2.45, 2.75) is 19.8 Å². The molecule has 27 heavy (non-hydrogen) atoms. The standard InChI is InChI=1S/C21H18O5S/c1-13(2)21(24)25-12-6-11-18(22)26-15-8-5-10-17-19(15)20(23)14-7-3-4-9-16(14)27-17/h3-5,7-10H,1,6,11-12H2,2H3. The van der Waals surface area contributed by atoms with Gasteiger partial charge in [-0.3, -0.25) is 9.59 Å². The molecule has 0 amide bonds. The Morgan fingerprint density at radius 2 is 1.81 bits per heavy atom. The van der Waals surface area contributed by atoms with Crippen molar-refractivity contribution in [1.29, 1.82) is 0 Å². The molecule has 6 heteroatoms. The average Bonchev–Trinajstić information content (AvgIpc) is 2.65. The Morgan fingerprint density at radius 1 is 1.07 bits per heavy atom. The van der Waals surface area contributed by atoms with E-state index in [-0.39, 0.29) is 24.2 Å². The lowest BCUT2D eigenvalue weighted by molar-refractivity contribution is -0.141. The summed E-state index contributed by atoms with van der Waals surface area (Å²) in [6.45, 7) is 5.15. The van der Waals surface area contributed by atoms with Crippen molar-refractivity contribution in [3.8, 4) is 5.75 Å². The van der Waals surface area contributed by atoms with E-state index in [9.17, 15) is 14.4 Å². The largest absolute Gasteiger partial charge is 0.462 e. The van der Waals surface area contributed by atoms with Crippen LogP contribution in [-0.2, 0) is 14.3 Å². The lowest BCUT2D eigenvalue weighted by Gasteiger charge is -2.08. The van der Waals surface area contributed by atoms with Gasteiger partial charge in [-0.05, 0) is 37.6 Å². The van der Waals surface area contributed by atoms with Crippen molar-refractivity contribution >= 4 is 43.4 Å². The summed E-state index contributed by atoms with van der Waals surface area (Å²) in [5.41, 5.74) is 0.155. The van der Waals surface area contributed by atoms with Crippen LogP contribution in [0.5, 0.6) is 5.75 Å². The van der Waals surface area contributed by atoms with E-state index in [0.717, 1.165) is 9.40 Å². The van der Waals surface area contributed by atoms with Crippen molar-refractivity contribution < 1.29 is 19.1 Å². The van der Waals surface area contributed by atoms with Gasteiger partial charge in [-0.1, -0.05) is 24.8 Å². The highest BCUT2D eigenvalue weighted by Crippen LogP contribution is 2.30. The van der Waals surface area contributed by atoms with Gasteiger partial charge in [0.25, 0.3) is 0 Å². The predicted molar refractivity (Wildman–Crippen MR) is 106 cm³/mol. The van der Waals surface area contributed by atoms with Crippen molar-refractivity contribution in [3.05, 3.63) is 64.8 Å². The van der Waals surface area contributed by atoms with Crippen LogP contribution in [0.4, 0.5) is 0 Å². The average molecular weight is 382 g/mol. The second-order valence-electron chi connectivity index (χ2n) is 6.05. The van der Waals surface area contributed by atoms with Gasteiger partial charge >= 0.3 is 11.9 Å². The molecule has 2 aromatic carbocycles. The molecule has 0 atom stereocenters. The molecule has 0 aliphatic rings. The number of esters is 2. The number of carbonyl (C=O) groups excluding carboxylic acids is 2. The maximum atomic E-state index is 12.8. The van der Waals surface area contributed by atoms with Crippen LogP contribution in [0, 0.1) is 0 Å². The van der Waals surface area contributed by atoms with Gasteiger partial charge in [0.05, 0.1) is 12.0 Å². The minimum Gasteiger partial charge on any atom is -0.462 e. The van der Waals surface area contributed by atoms with Crippen LogP contribution in [0.15, 0.2) is 59.4 Å². The SMILES string of the molecule is C=C(C)C(=O)OCCCC(=O)Oc1cccc2sc3ccccc3c(=O)c12. The molecule has 0 aliphatic heterocycles. The molecule has 0 aliphatic carbocycles. The van der Waals surface area contributed by atoms with Crippen LogP contribution >= 0.6 is 11.3 Å². The van der Waals surface area contributed by atoms with Crippen LogP contribution in [0.1, 0.15) is 19.8 Å². The van der Waals surface area contributed by atoms with E-state index < -0.39 is 11.9 Å². The fourth-order valence-electron chi connectivity index (χ4n) is 2.58. The van der Waals surface area contributed by atoms with Gasteiger partial charge in [0.15, 0.2) is 5.43 Å². The molecule has 0 bridgehead atoms. The summed E-state index contributed by atoms with van der Waals surface area (Å²) in [4.78, 5) is 36.3. The van der Waals surface area contributed by atoms with Gasteiger partial charge in [-0.15, -0.1) is 11.3 Å². The van der Waals surface area contributed by atoms with Crippen LogP contribution in [0.3, 0.4) is 0 Å². The van der Waals surface area contributed by atoms with Gasteiger partial charge in [-0.25, -0.2) is 4.79 Å². The summed E-state index contributed by atoms with van der Waals surface area (Å²) >= 11 is 1.48. The van der Waals surface area contributed by atoms with E-state index in [1.165, 1.54) is 11.3 Å². The molecule has 0 unspecified atom stereocenters. The highest BCUT2D eigenvalue weighted by molar-refractivity contribution is 7.24. The van der Waals surface area contributed by atoms with Gasteiger partial charge in [-0.2, -0.15) is 0 Å². The zero-order valence-corrected chi connectivity index (χ0v) is 15.6. The number of hydrogen-bond acceptors (Lipinski definition) is 6. The fourth-order valence-corrected chi connectivity index (χ4v) is 3.68. The van der Waals surface area contributed by atoms with Gasteiger partial charge < -0.3 is 9.47 Å². The highest BCUT2D eigenvalue weighted by Gasteiger charge is 2.14. The van der Waals surface area contributed by atoms with E-state index in [1.54, 1.807) is 25.1 Å². The number of benzene rings is 2. The molecule has 0 saturated carbocycles. The minimum atomic E-state index is -0.484. The Hall–Kier alpha value is -2.99. The molecule has 0 radical (unpaired) electrons. The number of fused-ring (bicyclic) bond motifs is 2. The summed E-state index contributed by atoms with van der Waals surface area (Å²) in [5.74, 6) is -0.711. The van der Waals surface area contributed by atoms with Crippen molar-refractivity contribution in [3.63, 3.8) is 0 Å². The third kappa shape index (κ3) is 4.23. The Labute approximate surface area is 159 Å². The fraction of sp³-hybridized carbons (Fsp3) is 0.190. The first-order valence-electron chi connectivity index (χ1n) is 8.45. The first-order valence-corrected chi connectivity index (χ1v) is 9.27. The summed E-state index contributed by atoms with van der Waals surface area (Å²) in [6, 6.07) is 12.6. The molecule has 5 nitrogen and oxygen atoms in total. The molecule has 0 saturated heterocycles. The summed E-state index contributed by atoms with van der Waals surface area (Å²) in [7, 11) is 0. The second kappa shape index (κ2) is 8.14. The molecule has 3 aromatic rings. The van der Waals surface area contributed by atoms with Crippen LogP contribution in [0.2, 0.25) is 0 Å². The molecule has 1 aromatic heterocycles. The van der Waals surface area contributed by atoms with E-state index in [2.05, 4.69) is 6.58 Å². The van der Waals surface area contributed by atoms with E-state index >= 15 is 0 Å². The Morgan fingerprint density at radius 3 is 2.59 bits per heavy atom. The van der Waals surface area contributed by atoms with Crippen LogP contribution in [-0.4, -0.2) is 18.5 Å². The van der Waals surface area contributed by atoms with Crippen LogP contribution in [0.25, 0.3) is 20.2 Å². The van der Waals surface area contributed by atoms with E-state index in [1.807, 2.05) is 24.3 Å². The lowest BCUT2D eigenvalue weighted by atomic mass is 10.1. The zero-order valence-electron chi connectivity index (χ0n) is 14.8. The maximum absolute atomic E-state index is 12.8. The quantitative estimate of drug-likeness (QED) is 0.210. The Bertz CT molecular complexity index is 1100. The number of ether oxygens (including phenoxy) is 2. The lowest BCUT2D eigenvalue weighted by Crippen LogP contribution is -2.13. The molecule has 0 fully saturated rings. The molecule has 0 N–H and O–H groups in total. The van der Waals surface area contributed by atoms with Crippen molar-refractivity contribution in [2.75, 3.05) is 6.61 Å². The summed E-state index contributed by atoms with van der Waals surface area (Å²) < 4.78 is 12.0. The van der Waals surface area contributed by atoms with Gasteiger partial charge in [0, 0.05) is 26.8 Å². The zero-order chi connectivity index (χ0) is 19.4. The summed E-state index contributed by atoms with van der Waals surface area (Å²) in [6.07, 6.45) is 0.406. The third-order valence-electron chi connectivity index (χ3n) is 3.90. The molecular weight excluding hydrogens is 364 g/mol.